The Kier molecular flexibility index (Phi) is 6.22. The van der Waals surface area contributed by atoms with Crippen LogP contribution in [0.1, 0.15) is 16.1 Å². The van der Waals surface area contributed by atoms with Crippen LogP contribution in [0.4, 0.5) is 0 Å². The maximum Gasteiger partial charge on any atom is 0.272 e. The van der Waals surface area contributed by atoms with Gasteiger partial charge in [-0.25, -0.2) is 0 Å². The van der Waals surface area contributed by atoms with Crippen molar-refractivity contribution >= 4 is 28.4 Å². The number of hydrogen-bond acceptors (Lipinski definition) is 4. The van der Waals surface area contributed by atoms with Gasteiger partial charge in [0.2, 0.25) is 0 Å². The highest BCUT2D eigenvalue weighted by molar-refractivity contribution is 6.30. The molecule has 0 spiro atoms. The van der Waals surface area contributed by atoms with Gasteiger partial charge in [0.1, 0.15) is 0 Å². The van der Waals surface area contributed by atoms with Crippen LogP contribution >= 0.6 is 11.6 Å². The third-order valence-corrected chi connectivity index (χ3v) is 4.14. The maximum atomic E-state index is 12.5. The van der Waals surface area contributed by atoms with E-state index in [-0.39, 0.29) is 19.1 Å². The van der Waals surface area contributed by atoms with E-state index in [1.54, 1.807) is 0 Å². The van der Waals surface area contributed by atoms with Crippen molar-refractivity contribution in [3.63, 3.8) is 0 Å². The first kappa shape index (κ1) is 18.4. The molecule has 2 aromatic carbocycles. The van der Waals surface area contributed by atoms with Gasteiger partial charge in [-0.1, -0.05) is 41.9 Å². The van der Waals surface area contributed by atoms with Gasteiger partial charge < -0.3 is 15.2 Å². The molecule has 0 fully saturated rings. The number of nitrogens with zero attached hydrogens (tertiary/aromatic N) is 2. The van der Waals surface area contributed by atoms with Crippen LogP contribution < -0.4 is 5.32 Å². The highest BCUT2D eigenvalue weighted by atomic mass is 35.5. The van der Waals surface area contributed by atoms with E-state index < -0.39 is 0 Å². The molecule has 1 heterocycles. The van der Waals surface area contributed by atoms with Crippen molar-refractivity contribution in [1.82, 2.24) is 15.1 Å². The number of aromatic nitrogens is 2. The van der Waals surface area contributed by atoms with Gasteiger partial charge in [-0.2, -0.15) is 5.10 Å². The molecule has 0 saturated heterocycles. The number of para-hydroxylation sites is 1. The Morgan fingerprint density at radius 3 is 2.69 bits per heavy atom. The number of halogens is 1. The number of amides is 1. The Bertz CT molecular complexity index is 877. The highest BCUT2D eigenvalue weighted by Crippen LogP contribution is 2.20. The molecule has 6 nitrogen and oxygen atoms in total. The number of carbonyl (C=O) groups excluding carboxylic acids is 1. The molecule has 0 unspecified atom stereocenters. The number of fused-ring (bicyclic) bond motifs is 1. The lowest BCUT2D eigenvalue weighted by Gasteiger charge is -2.04. The summed E-state index contributed by atoms with van der Waals surface area (Å²) in [6.45, 7) is 1.47. The van der Waals surface area contributed by atoms with Crippen molar-refractivity contribution in [2.45, 2.75) is 6.54 Å². The topological polar surface area (TPSA) is 76.4 Å². The second-order valence-corrected chi connectivity index (χ2v) is 6.18. The van der Waals surface area contributed by atoms with E-state index in [2.05, 4.69) is 10.4 Å². The molecule has 3 aromatic rings. The van der Waals surface area contributed by atoms with Crippen LogP contribution in [-0.2, 0) is 11.3 Å². The predicted molar refractivity (Wildman–Crippen MR) is 101 cm³/mol. The Labute approximate surface area is 156 Å². The van der Waals surface area contributed by atoms with E-state index in [4.69, 9.17) is 21.4 Å². The molecular formula is C19H20ClN3O3. The Morgan fingerprint density at radius 2 is 1.92 bits per heavy atom. The van der Waals surface area contributed by atoms with Crippen molar-refractivity contribution in [3.8, 4) is 0 Å². The molecule has 0 aliphatic heterocycles. The van der Waals surface area contributed by atoms with E-state index in [1.807, 2.05) is 53.2 Å². The smallest absolute Gasteiger partial charge is 0.272 e. The van der Waals surface area contributed by atoms with Crippen LogP contribution in [0, 0.1) is 0 Å². The fourth-order valence-electron chi connectivity index (χ4n) is 2.67. The molecule has 1 aromatic heterocycles. The Hall–Kier alpha value is -2.41. The number of ether oxygens (including phenoxy) is 1. The first-order valence-corrected chi connectivity index (χ1v) is 8.73. The minimum absolute atomic E-state index is 0.0340. The molecule has 7 heteroatoms. The third kappa shape index (κ3) is 4.40. The van der Waals surface area contributed by atoms with Crippen molar-refractivity contribution in [3.05, 3.63) is 64.8 Å². The van der Waals surface area contributed by atoms with Crippen molar-refractivity contribution in [1.29, 1.82) is 0 Å². The van der Waals surface area contributed by atoms with Crippen LogP contribution in [0.15, 0.2) is 48.5 Å². The second-order valence-electron chi connectivity index (χ2n) is 5.74. The summed E-state index contributed by atoms with van der Waals surface area (Å²) in [5.41, 5.74) is 2.33. The minimum Gasteiger partial charge on any atom is -0.394 e. The molecule has 0 radical (unpaired) electrons. The number of rotatable bonds is 8. The zero-order valence-electron chi connectivity index (χ0n) is 14.2. The summed E-state index contributed by atoms with van der Waals surface area (Å²) >= 11 is 5.94. The molecule has 3 rings (SSSR count). The molecule has 0 aliphatic carbocycles. The lowest BCUT2D eigenvalue weighted by atomic mass is 10.2. The molecular weight excluding hydrogens is 354 g/mol. The highest BCUT2D eigenvalue weighted by Gasteiger charge is 2.16. The fourth-order valence-corrected chi connectivity index (χ4v) is 2.79. The Morgan fingerprint density at radius 1 is 1.15 bits per heavy atom. The van der Waals surface area contributed by atoms with Crippen LogP contribution in [-0.4, -0.2) is 47.2 Å². The number of aliphatic hydroxyl groups is 1. The first-order chi connectivity index (χ1) is 12.7. The van der Waals surface area contributed by atoms with E-state index in [9.17, 15) is 4.79 Å². The summed E-state index contributed by atoms with van der Waals surface area (Å²) in [4.78, 5) is 12.5. The number of nitrogens with one attached hydrogen (secondary N) is 1. The molecule has 0 saturated carbocycles. The summed E-state index contributed by atoms with van der Waals surface area (Å²) in [5.74, 6) is -0.247. The summed E-state index contributed by atoms with van der Waals surface area (Å²) in [7, 11) is 0. The molecule has 0 aliphatic rings. The second kappa shape index (κ2) is 8.80. The standard InChI is InChI=1S/C19H20ClN3O3/c20-15-7-5-14(6-8-15)13-23-17-4-2-1-3-16(17)18(22-23)19(25)21-9-11-26-12-10-24/h1-8,24H,9-13H2,(H,21,25). The van der Waals surface area contributed by atoms with Gasteiger partial charge in [0.15, 0.2) is 5.69 Å². The number of benzene rings is 2. The van der Waals surface area contributed by atoms with Crippen molar-refractivity contribution in [2.24, 2.45) is 0 Å². The number of hydrogen-bond donors (Lipinski definition) is 2. The quantitative estimate of drug-likeness (QED) is 0.595. The predicted octanol–water partition coefficient (Wildman–Crippen LogP) is 2.48. The van der Waals surface area contributed by atoms with E-state index in [0.29, 0.717) is 30.4 Å². The van der Waals surface area contributed by atoms with Gasteiger partial charge in [0.05, 0.1) is 31.9 Å². The van der Waals surface area contributed by atoms with Crippen LogP contribution in [0.3, 0.4) is 0 Å². The lowest BCUT2D eigenvalue weighted by Crippen LogP contribution is -2.28. The zero-order chi connectivity index (χ0) is 18.4. The largest absolute Gasteiger partial charge is 0.394 e. The van der Waals surface area contributed by atoms with Gasteiger partial charge in [-0.15, -0.1) is 0 Å². The molecule has 1 amide bonds. The third-order valence-electron chi connectivity index (χ3n) is 3.89. The van der Waals surface area contributed by atoms with Crippen molar-refractivity contribution < 1.29 is 14.6 Å². The van der Waals surface area contributed by atoms with E-state index >= 15 is 0 Å². The Balaban J connectivity index is 1.78. The van der Waals surface area contributed by atoms with Gasteiger partial charge >= 0.3 is 0 Å². The van der Waals surface area contributed by atoms with E-state index in [0.717, 1.165) is 16.5 Å². The molecule has 26 heavy (non-hydrogen) atoms. The number of carbonyl (C=O) groups is 1. The van der Waals surface area contributed by atoms with Crippen LogP contribution in [0.2, 0.25) is 5.02 Å². The maximum absolute atomic E-state index is 12.5. The summed E-state index contributed by atoms with van der Waals surface area (Å²) in [6.07, 6.45) is 0. The minimum atomic E-state index is -0.247. The molecule has 0 bridgehead atoms. The van der Waals surface area contributed by atoms with E-state index in [1.165, 1.54) is 0 Å². The molecule has 0 atom stereocenters. The lowest BCUT2D eigenvalue weighted by molar-refractivity contribution is 0.0835. The van der Waals surface area contributed by atoms with Crippen molar-refractivity contribution in [2.75, 3.05) is 26.4 Å². The molecule has 2 N–H and O–H groups in total. The SMILES string of the molecule is O=C(NCCOCCO)c1nn(Cc2ccc(Cl)cc2)c2ccccc12. The summed E-state index contributed by atoms with van der Waals surface area (Å²) < 4.78 is 6.96. The van der Waals surface area contributed by atoms with Gasteiger partial charge in [-0.3, -0.25) is 9.48 Å². The average Bonchev–Trinajstić information content (AvgIpc) is 3.02. The molecule has 136 valence electrons. The van der Waals surface area contributed by atoms with Crippen LogP contribution in [0.5, 0.6) is 0 Å². The van der Waals surface area contributed by atoms with Gasteiger partial charge in [-0.05, 0) is 23.8 Å². The monoisotopic (exact) mass is 373 g/mol. The summed E-state index contributed by atoms with van der Waals surface area (Å²) in [5, 5.41) is 17.5. The number of aliphatic hydroxyl groups excluding tert-OH is 1. The average molecular weight is 374 g/mol. The zero-order valence-corrected chi connectivity index (χ0v) is 14.9. The van der Waals surface area contributed by atoms with Crippen LogP contribution in [0.25, 0.3) is 10.9 Å². The van der Waals surface area contributed by atoms with Gasteiger partial charge in [0, 0.05) is 17.0 Å². The van der Waals surface area contributed by atoms with Gasteiger partial charge in [0.25, 0.3) is 5.91 Å². The first-order valence-electron chi connectivity index (χ1n) is 8.36. The fraction of sp³-hybridized carbons (Fsp3) is 0.263. The normalized spacial score (nSPS) is 11.0. The summed E-state index contributed by atoms with van der Waals surface area (Å²) in [6, 6.07) is 15.2.